The second-order valence-corrected chi connectivity index (χ2v) is 14.6. The van der Waals surface area contributed by atoms with Gasteiger partial charge in [0.1, 0.15) is 0 Å². The van der Waals surface area contributed by atoms with Gasteiger partial charge in [-0.15, -0.1) is 52.6 Å². The Labute approximate surface area is 331 Å². The van der Waals surface area contributed by atoms with Gasteiger partial charge in [-0.1, -0.05) is 138 Å². The van der Waals surface area contributed by atoms with Crippen molar-refractivity contribution in [1.82, 2.24) is 0 Å². The van der Waals surface area contributed by atoms with Gasteiger partial charge < -0.3 is 12.8 Å². The van der Waals surface area contributed by atoms with E-state index in [-0.39, 0.29) is 21.1 Å². The fourth-order valence-corrected chi connectivity index (χ4v) is 6.98. The molecule has 0 aliphatic heterocycles. The van der Waals surface area contributed by atoms with Crippen LogP contribution in [0.3, 0.4) is 0 Å². The third-order valence-corrected chi connectivity index (χ3v) is 9.97. The van der Waals surface area contributed by atoms with E-state index >= 15 is 0 Å². The summed E-state index contributed by atoms with van der Waals surface area (Å²) in [5.74, 6) is 17.0. The van der Waals surface area contributed by atoms with Crippen molar-refractivity contribution in [3.63, 3.8) is 0 Å². The molecule has 0 saturated carbocycles. The average Bonchev–Trinajstić information content (AvgIpc) is 3.18. The number of hydrogen-bond acceptors (Lipinski definition) is 0. The van der Waals surface area contributed by atoms with Crippen molar-refractivity contribution in [2.45, 2.75) is 79.1 Å². The summed E-state index contributed by atoms with van der Waals surface area (Å²) >= 11 is 0. The normalized spacial score (nSPS) is 8.98. The van der Waals surface area contributed by atoms with Crippen LogP contribution in [-0.2, 0) is 21.1 Å². The molecule has 0 unspecified atom stereocenters. The molecule has 0 nitrogen and oxygen atoms in total. The molecule has 0 heterocycles. The summed E-state index contributed by atoms with van der Waals surface area (Å²) < 4.78 is 0. The molecule has 0 spiro atoms. The maximum absolute atomic E-state index is 6.96. The van der Waals surface area contributed by atoms with E-state index in [0.29, 0.717) is 0 Å². The average molecular weight is 890 g/mol. The van der Waals surface area contributed by atoms with Gasteiger partial charge in [0.05, 0.1) is 0 Å². The van der Waals surface area contributed by atoms with Gasteiger partial charge in [0.25, 0.3) is 0 Å². The van der Waals surface area contributed by atoms with E-state index in [0.717, 1.165) is 33.4 Å². The maximum Gasteiger partial charge on any atom is 2.00 e. The monoisotopic (exact) mass is 889 g/mol. The van der Waals surface area contributed by atoms with E-state index < -0.39 is 0 Å². The van der Waals surface area contributed by atoms with Crippen LogP contribution in [0, 0.1) is 48.4 Å². The van der Waals surface area contributed by atoms with Crippen LogP contribution < -0.4 is 0 Å². The zero-order valence-corrected chi connectivity index (χ0v) is 35.5. The summed E-state index contributed by atoms with van der Waals surface area (Å²) in [5, 5.41) is 0. The standard InChI is InChI=1S/2C16H9.2C8H19P.Pt/c2*1-2-14-8-10-16(11-9-14)13-12-15-6-4-3-5-7-15;2*1-3-5-7-9-8-6-4-2;/h2*3-11H;2*9H,3-8H2,1-2H3;/q2*-1;;;+2. The van der Waals surface area contributed by atoms with Crippen molar-refractivity contribution in [2.75, 3.05) is 24.6 Å². The quantitative estimate of drug-likeness (QED) is 0.0575. The predicted octanol–water partition coefficient (Wildman–Crippen LogP) is 12.6. The molecule has 0 aliphatic carbocycles. The molecule has 268 valence electrons. The van der Waals surface area contributed by atoms with Gasteiger partial charge >= 0.3 is 21.1 Å². The Hall–Kier alpha value is -3.33. The molecule has 0 aliphatic rings. The van der Waals surface area contributed by atoms with Gasteiger partial charge in [-0.2, -0.15) is 0 Å². The van der Waals surface area contributed by atoms with E-state index in [1.165, 1.54) is 93.2 Å². The molecular weight excluding hydrogens is 834 g/mol. The Morgan fingerprint density at radius 1 is 0.373 bits per heavy atom. The van der Waals surface area contributed by atoms with Crippen molar-refractivity contribution < 1.29 is 21.1 Å². The van der Waals surface area contributed by atoms with Crippen LogP contribution in [-0.4, -0.2) is 24.6 Å². The summed E-state index contributed by atoms with van der Waals surface area (Å²) in [7, 11) is 2.49. The minimum absolute atomic E-state index is 0. The summed E-state index contributed by atoms with van der Waals surface area (Å²) in [6.45, 7) is 9.07. The molecule has 0 radical (unpaired) electrons. The van der Waals surface area contributed by atoms with E-state index in [2.05, 4.69) is 63.2 Å². The number of benzene rings is 4. The molecule has 4 aromatic carbocycles. The molecule has 51 heavy (non-hydrogen) atoms. The van der Waals surface area contributed by atoms with Gasteiger partial charge in [0.15, 0.2) is 0 Å². The number of hydrogen-bond donors (Lipinski definition) is 0. The number of unbranched alkanes of at least 4 members (excludes halogenated alkanes) is 4. The van der Waals surface area contributed by atoms with Crippen LogP contribution in [0.1, 0.15) is 112 Å². The first-order valence-electron chi connectivity index (χ1n) is 18.2. The van der Waals surface area contributed by atoms with E-state index in [1.54, 1.807) is 0 Å². The van der Waals surface area contributed by atoms with Gasteiger partial charge in [-0.05, 0) is 74.6 Å². The molecule has 0 saturated heterocycles. The summed E-state index contributed by atoms with van der Waals surface area (Å²) in [6.07, 6.45) is 31.1. The first-order chi connectivity index (χ1) is 24.6. The van der Waals surface area contributed by atoms with Gasteiger partial charge in [-0.3, -0.25) is 11.8 Å². The molecule has 0 aromatic heterocycles. The molecule has 4 rings (SSSR count). The van der Waals surface area contributed by atoms with Crippen LogP contribution in [0.4, 0.5) is 0 Å². The third kappa shape index (κ3) is 27.1. The van der Waals surface area contributed by atoms with Crippen molar-refractivity contribution in [3.05, 3.63) is 155 Å². The Morgan fingerprint density at radius 3 is 0.843 bits per heavy atom. The molecule has 0 N–H and O–H groups in total. The molecule has 0 amide bonds. The van der Waals surface area contributed by atoms with E-state index in [9.17, 15) is 0 Å². The van der Waals surface area contributed by atoms with E-state index in [1.807, 2.05) is 109 Å². The van der Waals surface area contributed by atoms with Crippen LogP contribution >= 0.6 is 17.2 Å². The maximum atomic E-state index is 6.96. The van der Waals surface area contributed by atoms with Gasteiger partial charge in [-0.25, -0.2) is 0 Å². The van der Waals surface area contributed by atoms with Crippen molar-refractivity contribution in [3.8, 4) is 35.5 Å². The van der Waals surface area contributed by atoms with Crippen LogP contribution in [0.2, 0.25) is 0 Å². The minimum Gasteiger partial charge on any atom is -0.366 e. The Morgan fingerprint density at radius 2 is 0.608 bits per heavy atom. The molecule has 0 atom stereocenters. The summed E-state index contributed by atoms with van der Waals surface area (Å²) in [4.78, 5) is 0. The SMILES string of the molecule is CCCCPCCCC.CCCCPCCCC.[C-]#Cc1ccc(C#Cc2ccccc2)cc1.[C-]#Cc1ccc(C#Cc2ccccc2)cc1.[Pt+2]. The fraction of sp³-hybridized carbons (Fsp3) is 0.333. The molecule has 0 fully saturated rings. The number of rotatable bonds is 12. The van der Waals surface area contributed by atoms with E-state index in [4.69, 9.17) is 12.8 Å². The van der Waals surface area contributed by atoms with Crippen LogP contribution in [0.15, 0.2) is 109 Å². The zero-order chi connectivity index (χ0) is 36.3. The second-order valence-electron chi connectivity index (χ2n) is 11.6. The topological polar surface area (TPSA) is 0 Å². The predicted molar refractivity (Wildman–Crippen MR) is 226 cm³/mol. The summed E-state index contributed by atoms with van der Waals surface area (Å²) in [6, 6.07) is 34.7. The van der Waals surface area contributed by atoms with Crippen molar-refractivity contribution >= 4 is 17.2 Å². The molecule has 3 heteroatoms. The van der Waals surface area contributed by atoms with Gasteiger partial charge in [0, 0.05) is 22.3 Å². The van der Waals surface area contributed by atoms with Crippen LogP contribution in [0.25, 0.3) is 0 Å². The third-order valence-electron chi connectivity index (χ3n) is 7.14. The van der Waals surface area contributed by atoms with Crippen molar-refractivity contribution in [1.29, 1.82) is 0 Å². The summed E-state index contributed by atoms with van der Waals surface area (Å²) in [5.41, 5.74) is 5.44. The first kappa shape index (κ1) is 47.7. The van der Waals surface area contributed by atoms with Crippen LogP contribution in [0.5, 0.6) is 0 Å². The largest absolute Gasteiger partial charge is 2.00 e. The Kier molecular flexibility index (Phi) is 32.8. The zero-order valence-electron chi connectivity index (χ0n) is 31.2. The smallest absolute Gasteiger partial charge is 0.366 e. The Balaban J connectivity index is 0.000000676. The molecule has 4 aromatic rings. The van der Waals surface area contributed by atoms with Gasteiger partial charge in [0.2, 0.25) is 0 Å². The fourth-order valence-electron chi connectivity index (χ4n) is 4.06. The Bertz CT molecular complexity index is 1450. The first-order valence-corrected chi connectivity index (χ1v) is 21.0. The molecule has 0 bridgehead atoms. The van der Waals surface area contributed by atoms with Crippen molar-refractivity contribution in [2.24, 2.45) is 0 Å². The molecular formula is C48H56P2Pt. The minimum atomic E-state index is 0. The second kappa shape index (κ2) is 35.1.